The van der Waals surface area contributed by atoms with E-state index in [-0.39, 0.29) is 11.5 Å². The number of aliphatic hydroxyl groups excluding tert-OH is 1. The summed E-state index contributed by atoms with van der Waals surface area (Å²) in [6, 6.07) is 7.81. The Morgan fingerprint density at radius 2 is 2.11 bits per heavy atom. The molecule has 0 saturated carbocycles. The second kappa shape index (κ2) is 5.92. The third-order valence-corrected chi connectivity index (χ3v) is 5.42. The lowest BCUT2D eigenvalue weighted by Crippen LogP contribution is -2.32. The van der Waals surface area contributed by atoms with Gasteiger partial charge in [-0.2, -0.15) is 0 Å². The largest absolute Gasteiger partial charge is 0.388 e. The number of fused-ring (bicyclic) bond motifs is 1. The molecule has 0 fully saturated rings. The molecule has 1 heterocycles. The van der Waals surface area contributed by atoms with Gasteiger partial charge in [0.1, 0.15) is 9.84 Å². The highest BCUT2D eigenvalue weighted by atomic mass is 32.2. The fraction of sp³-hybridized carbons (Fsp3) is 0.571. The zero-order valence-corrected chi connectivity index (χ0v) is 12.1. The average molecular weight is 283 g/mol. The molecule has 0 spiro atoms. The minimum atomic E-state index is -2.88. The predicted octanol–water partition coefficient (Wildman–Crippen LogP) is 1.75. The molecule has 0 aliphatic carbocycles. The molecule has 1 aromatic rings. The van der Waals surface area contributed by atoms with Crippen LogP contribution in [0, 0.1) is 0 Å². The molecule has 1 aromatic carbocycles. The molecule has 1 N–H and O–H groups in total. The summed E-state index contributed by atoms with van der Waals surface area (Å²) < 4.78 is 23.0. The zero-order valence-electron chi connectivity index (χ0n) is 11.2. The lowest BCUT2D eigenvalue weighted by atomic mass is 9.99. The number of rotatable bonds is 5. The number of anilines is 1. The van der Waals surface area contributed by atoms with E-state index in [1.807, 2.05) is 24.3 Å². The standard InChI is InChI=1S/C14H21NO3S/c1-2-19(17,18)11-5-9-15-10-8-14(16)12-6-3-4-7-13(12)15/h3-4,6-7,14,16H,2,5,8-11H2,1H3. The van der Waals surface area contributed by atoms with Crippen molar-refractivity contribution in [2.45, 2.75) is 25.9 Å². The first kappa shape index (κ1) is 14.3. The van der Waals surface area contributed by atoms with Gasteiger partial charge in [-0.05, 0) is 18.9 Å². The Bertz CT molecular complexity index is 527. The van der Waals surface area contributed by atoms with Crippen LogP contribution in [0.25, 0.3) is 0 Å². The van der Waals surface area contributed by atoms with E-state index in [4.69, 9.17) is 0 Å². The molecule has 4 nitrogen and oxygen atoms in total. The molecule has 19 heavy (non-hydrogen) atoms. The maximum atomic E-state index is 11.5. The highest BCUT2D eigenvalue weighted by Crippen LogP contribution is 2.33. The van der Waals surface area contributed by atoms with Crippen molar-refractivity contribution in [1.82, 2.24) is 0 Å². The Labute approximate surface area is 115 Å². The van der Waals surface area contributed by atoms with Crippen molar-refractivity contribution < 1.29 is 13.5 Å². The van der Waals surface area contributed by atoms with Gasteiger partial charge in [-0.1, -0.05) is 25.1 Å². The van der Waals surface area contributed by atoms with Gasteiger partial charge >= 0.3 is 0 Å². The summed E-state index contributed by atoms with van der Waals surface area (Å²) in [4.78, 5) is 2.17. The Balaban J connectivity index is 2.01. The van der Waals surface area contributed by atoms with Crippen LogP contribution < -0.4 is 4.90 Å². The van der Waals surface area contributed by atoms with Crippen LogP contribution in [0.2, 0.25) is 0 Å². The molecule has 1 aliphatic heterocycles. The molecule has 106 valence electrons. The number of para-hydroxylation sites is 1. The van der Waals surface area contributed by atoms with Crippen LogP contribution in [0.1, 0.15) is 31.4 Å². The van der Waals surface area contributed by atoms with Gasteiger partial charge in [0.2, 0.25) is 0 Å². The quantitative estimate of drug-likeness (QED) is 0.894. The van der Waals surface area contributed by atoms with E-state index in [0.717, 1.165) is 24.3 Å². The highest BCUT2D eigenvalue weighted by molar-refractivity contribution is 7.91. The number of hydrogen-bond acceptors (Lipinski definition) is 4. The molecule has 0 amide bonds. The number of benzene rings is 1. The lowest BCUT2D eigenvalue weighted by molar-refractivity contribution is 0.164. The van der Waals surface area contributed by atoms with E-state index in [2.05, 4.69) is 4.90 Å². The third kappa shape index (κ3) is 3.48. The minimum absolute atomic E-state index is 0.211. The molecule has 0 bridgehead atoms. The molecule has 0 radical (unpaired) electrons. The third-order valence-electron chi connectivity index (χ3n) is 3.63. The molecule has 1 unspecified atom stereocenters. The van der Waals surface area contributed by atoms with Crippen LogP contribution >= 0.6 is 0 Å². The van der Waals surface area contributed by atoms with E-state index in [9.17, 15) is 13.5 Å². The minimum Gasteiger partial charge on any atom is -0.388 e. The maximum Gasteiger partial charge on any atom is 0.150 e. The Morgan fingerprint density at radius 3 is 2.84 bits per heavy atom. The summed E-state index contributed by atoms with van der Waals surface area (Å²) >= 11 is 0. The maximum absolute atomic E-state index is 11.5. The molecule has 1 atom stereocenters. The monoisotopic (exact) mass is 283 g/mol. The number of hydrogen-bond donors (Lipinski definition) is 1. The van der Waals surface area contributed by atoms with Crippen molar-refractivity contribution in [2.24, 2.45) is 0 Å². The van der Waals surface area contributed by atoms with Gasteiger partial charge < -0.3 is 10.0 Å². The molecule has 0 saturated heterocycles. The van der Waals surface area contributed by atoms with Gasteiger partial charge in [0, 0.05) is 30.1 Å². The molecule has 1 aliphatic rings. The smallest absolute Gasteiger partial charge is 0.150 e. The van der Waals surface area contributed by atoms with Crippen molar-refractivity contribution in [3.63, 3.8) is 0 Å². The summed E-state index contributed by atoms with van der Waals surface area (Å²) in [5, 5.41) is 9.95. The Hall–Kier alpha value is -1.07. The summed E-state index contributed by atoms with van der Waals surface area (Å²) in [5.41, 5.74) is 1.99. The normalized spacial score (nSPS) is 19.3. The second-order valence-electron chi connectivity index (χ2n) is 4.94. The van der Waals surface area contributed by atoms with E-state index >= 15 is 0 Å². The van der Waals surface area contributed by atoms with E-state index in [1.54, 1.807) is 6.92 Å². The van der Waals surface area contributed by atoms with E-state index in [0.29, 0.717) is 12.8 Å². The van der Waals surface area contributed by atoms with Crippen LogP contribution in [0.5, 0.6) is 0 Å². The van der Waals surface area contributed by atoms with Crippen molar-refractivity contribution in [1.29, 1.82) is 0 Å². The molecule has 2 rings (SSSR count). The molecule has 5 heteroatoms. The van der Waals surface area contributed by atoms with Gasteiger partial charge in [0.05, 0.1) is 11.9 Å². The van der Waals surface area contributed by atoms with Crippen LogP contribution in [-0.2, 0) is 9.84 Å². The summed E-state index contributed by atoms with van der Waals surface area (Å²) in [5.74, 6) is 0.451. The van der Waals surface area contributed by atoms with Crippen LogP contribution in [-0.4, -0.2) is 38.1 Å². The first-order chi connectivity index (χ1) is 9.03. The summed E-state index contributed by atoms with van der Waals surface area (Å²) in [7, 11) is -2.88. The number of aliphatic hydroxyl groups is 1. The van der Waals surface area contributed by atoms with Gasteiger partial charge in [0.15, 0.2) is 0 Å². The van der Waals surface area contributed by atoms with Crippen LogP contribution in [0.4, 0.5) is 5.69 Å². The molecular formula is C14H21NO3S. The van der Waals surface area contributed by atoms with Gasteiger partial charge in [-0.3, -0.25) is 0 Å². The van der Waals surface area contributed by atoms with Crippen molar-refractivity contribution in [2.75, 3.05) is 29.5 Å². The molecule has 0 aromatic heterocycles. The summed E-state index contributed by atoms with van der Waals surface area (Å²) in [6.45, 7) is 3.19. The van der Waals surface area contributed by atoms with Crippen molar-refractivity contribution in [3.05, 3.63) is 29.8 Å². The number of sulfone groups is 1. The number of nitrogens with zero attached hydrogens (tertiary/aromatic N) is 1. The fourth-order valence-corrected chi connectivity index (χ4v) is 3.32. The average Bonchev–Trinajstić information content (AvgIpc) is 2.42. The Kier molecular flexibility index (Phi) is 4.47. The first-order valence-electron chi connectivity index (χ1n) is 6.76. The van der Waals surface area contributed by atoms with Gasteiger partial charge in [-0.15, -0.1) is 0 Å². The van der Waals surface area contributed by atoms with Crippen LogP contribution in [0.15, 0.2) is 24.3 Å². The topological polar surface area (TPSA) is 57.6 Å². The van der Waals surface area contributed by atoms with E-state index < -0.39 is 15.9 Å². The van der Waals surface area contributed by atoms with Crippen LogP contribution in [0.3, 0.4) is 0 Å². The summed E-state index contributed by atoms with van der Waals surface area (Å²) in [6.07, 6.45) is 0.949. The zero-order chi connectivity index (χ0) is 13.9. The highest BCUT2D eigenvalue weighted by Gasteiger charge is 2.22. The lowest BCUT2D eigenvalue weighted by Gasteiger charge is -2.33. The van der Waals surface area contributed by atoms with E-state index in [1.165, 1.54) is 0 Å². The first-order valence-corrected chi connectivity index (χ1v) is 8.58. The Morgan fingerprint density at radius 1 is 1.37 bits per heavy atom. The van der Waals surface area contributed by atoms with Crippen molar-refractivity contribution in [3.8, 4) is 0 Å². The van der Waals surface area contributed by atoms with Gasteiger partial charge in [-0.25, -0.2) is 8.42 Å². The molecular weight excluding hydrogens is 262 g/mol. The van der Waals surface area contributed by atoms with Gasteiger partial charge in [0.25, 0.3) is 0 Å². The second-order valence-corrected chi connectivity index (χ2v) is 7.41. The SMILES string of the molecule is CCS(=O)(=O)CCCN1CCC(O)c2ccccc21. The fourth-order valence-electron chi connectivity index (χ4n) is 2.46. The van der Waals surface area contributed by atoms with Crippen molar-refractivity contribution >= 4 is 15.5 Å². The predicted molar refractivity (Wildman–Crippen MR) is 77.2 cm³/mol.